The van der Waals surface area contributed by atoms with E-state index in [0.717, 1.165) is 5.92 Å². The van der Waals surface area contributed by atoms with Crippen LogP contribution in [0, 0.1) is 5.92 Å². The molecule has 0 unspecified atom stereocenters. The summed E-state index contributed by atoms with van der Waals surface area (Å²) in [6, 6.07) is 0. The van der Waals surface area contributed by atoms with Crippen molar-refractivity contribution in [1.29, 1.82) is 0 Å². The number of hydrogen-bond donors (Lipinski definition) is 0. The minimum absolute atomic E-state index is 0.870. The van der Waals surface area contributed by atoms with E-state index in [4.69, 9.17) is 0 Å². The molecule has 60 valence electrons. The van der Waals surface area contributed by atoms with Gasteiger partial charge in [0.05, 0.1) is 0 Å². The fourth-order valence-corrected chi connectivity index (χ4v) is 1.42. The first-order valence-corrected chi connectivity index (χ1v) is 4.46. The molecule has 1 fully saturated rings. The summed E-state index contributed by atoms with van der Waals surface area (Å²) in [5.41, 5.74) is 1.39. The Labute approximate surface area is 65.3 Å². The van der Waals surface area contributed by atoms with Gasteiger partial charge >= 0.3 is 0 Å². The molecule has 0 nitrogen and oxygen atoms in total. The molecule has 0 atom stereocenters. The topological polar surface area (TPSA) is 0 Å². The van der Waals surface area contributed by atoms with Crippen LogP contribution >= 0.6 is 0 Å². The van der Waals surface area contributed by atoms with Gasteiger partial charge in [0.25, 0.3) is 0 Å². The number of hydrogen-bond acceptors (Lipinski definition) is 0. The molecule has 0 amide bonds. The molecule has 0 heteroatoms. The molecule has 0 heterocycles. The second-order valence-corrected chi connectivity index (χ2v) is 2.83. The van der Waals surface area contributed by atoms with E-state index in [9.17, 15) is 0 Å². The van der Waals surface area contributed by atoms with Gasteiger partial charge in [-0.3, -0.25) is 0 Å². The third kappa shape index (κ3) is 3.05. The van der Waals surface area contributed by atoms with E-state index in [-0.39, 0.29) is 0 Å². The van der Waals surface area contributed by atoms with Gasteiger partial charge in [0.1, 0.15) is 0 Å². The maximum atomic E-state index is 3.94. The van der Waals surface area contributed by atoms with Gasteiger partial charge in [0.15, 0.2) is 0 Å². The predicted octanol–water partition coefficient (Wildman–Crippen LogP) is 3.78. The molecule has 1 aliphatic carbocycles. The lowest BCUT2D eigenvalue weighted by molar-refractivity contribution is 0.645. The van der Waals surface area contributed by atoms with Gasteiger partial charge in [-0.25, -0.2) is 0 Å². The quantitative estimate of drug-likeness (QED) is 0.486. The van der Waals surface area contributed by atoms with E-state index < -0.39 is 0 Å². The Kier molecular flexibility index (Phi) is 5.38. The summed E-state index contributed by atoms with van der Waals surface area (Å²) in [5, 5.41) is 0. The van der Waals surface area contributed by atoms with Gasteiger partial charge in [-0.05, 0) is 25.7 Å². The second-order valence-electron chi connectivity index (χ2n) is 2.83. The van der Waals surface area contributed by atoms with Gasteiger partial charge in [-0.2, -0.15) is 0 Å². The maximum Gasteiger partial charge on any atom is -0.0209 e. The average molecular weight is 140 g/mol. The Bertz CT molecular complexity index is 86.2. The average Bonchev–Trinajstić information content (AvgIpc) is 2.42. The first-order valence-electron chi connectivity index (χ1n) is 4.46. The van der Waals surface area contributed by atoms with Crippen LogP contribution in [0.5, 0.6) is 0 Å². The lowest BCUT2D eigenvalue weighted by Crippen LogP contribution is -1.91. The SMILES string of the molecule is C=C(C)C1CCCC1.CC. The normalized spacial score (nSPS) is 17.9. The van der Waals surface area contributed by atoms with Crippen molar-refractivity contribution in [2.45, 2.75) is 46.5 Å². The second kappa shape index (κ2) is 5.52. The van der Waals surface area contributed by atoms with Crippen molar-refractivity contribution in [1.82, 2.24) is 0 Å². The molecule has 0 N–H and O–H groups in total. The Morgan fingerprint density at radius 1 is 1.20 bits per heavy atom. The van der Waals surface area contributed by atoms with E-state index in [1.807, 2.05) is 13.8 Å². The molecular weight excluding hydrogens is 120 g/mol. The fraction of sp³-hybridized carbons (Fsp3) is 0.800. The Morgan fingerprint density at radius 3 is 1.80 bits per heavy atom. The maximum absolute atomic E-state index is 3.94. The van der Waals surface area contributed by atoms with E-state index in [2.05, 4.69) is 13.5 Å². The molecule has 10 heavy (non-hydrogen) atoms. The zero-order valence-electron chi connectivity index (χ0n) is 7.61. The summed E-state index contributed by atoms with van der Waals surface area (Å²) in [6.07, 6.45) is 5.65. The summed E-state index contributed by atoms with van der Waals surface area (Å²) >= 11 is 0. The van der Waals surface area contributed by atoms with Gasteiger partial charge in [0, 0.05) is 0 Å². The minimum Gasteiger partial charge on any atom is -0.0999 e. The molecule has 1 aliphatic rings. The Hall–Kier alpha value is -0.260. The van der Waals surface area contributed by atoms with Crippen molar-refractivity contribution in [3.63, 3.8) is 0 Å². The Balaban J connectivity index is 0.000000371. The lowest BCUT2D eigenvalue weighted by Gasteiger charge is -2.05. The van der Waals surface area contributed by atoms with Crippen LogP contribution in [0.1, 0.15) is 46.5 Å². The first-order chi connectivity index (χ1) is 4.80. The molecule has 0 spiro atoms. The van der Waals surface area contributed by atoms with Crippen LogP contribution in [0.3, 0.4) is 0 Å². The van der Waals surface area contributed by atoms with Gasteiger partial charge < -0.3 is 0 Å². The molecule has 1 saturated carbocycles. The molecule has 0 aromatic rings. The van der Waals surface area contributed by atoms with E-state index in [0.29, 0.717) is 0 Å². The minimum atomic E-state index is 0.870. The summed E-state index contributed by atoms with van der Waals surface area (Å²) in [5.74, 6) is 0.870. The highest BCUT2D eigenvalue weighted by Crippen LogP contribution is 2.29. The van der Waals surface area contributed by atoms with Crippen LogP contribution in [0.4, 0.5) is 0 Å². The largest absolute Gasteiger partial charge is 0.0999 e. The molecule has 0 aliphatic heterocycles. The van der Waals surface area contributed by atoms with Gasteiger partial charge in [0.2, 0.25) is 0 Å². The highest BCUT2D eigenvalue weighted by Gasteiger charge is 2.14. The number of allylic oxidation sites excluding steroid dienone is 1. The number of rotatable bonds is 1. The van der Waals surface area contributed by atoms with Crippen LogP contribution in [0.15, 0.2) is 12.2 Å². The fourth-order valence-electron chi connectivity index (χ4n) is 1.42. The van der Waals surface area contributed by atoms with Gasteiger partial charge in [-0.15, -0.1) is 0 Å². The summed E-state index contributed by atoms with van der Waals surface area (Å²) in [4.78, 5) is 0. The van der Waals surface area contributed by atoms with Crippen molar-refractivity contribution in [3.8, 4) is 0 Å². The van der Waals surface area contributed by atoms with Crippen LogP contribution in [0.25, 0.3) is 0 Å². The summed E-state index contributed by atoms with van der Waals surface area (Å²) in [6.45, 7) is 10.1. The molecule has 0 aromatic heterocycles. The monoisotopic (exact) mass is 140 g/mol. The zero-order valence-corrected chi connectivity index (χ0v) is 7.61. The van der Waals surface area contributed by atoms with Crippen LogP contribution in [-0.4, -0.2) is 0 Å². The molecule has 0 radical (unpaired) electrons. The standard InChI is InChI=1S/C8H14.C2H6/c1-7(2)8-5-3-4-6-8;1-2/h8H,1,3-6H2,2H3;1-2H3. The van der Waals surface area contributed by atoms with Crippen molar-refractivity contribution in [2.75, 3.05) is 0 Å². The van der Waals surface area contributed by atoms with Crippen molar-refractivity contribution in [3.05, 3.63) is 12.2 Å². The molecule has 0 aromatic carbocycles. The highest BCUT2D eigenvalue weighted by atomic mass is 14.2. The first kappa shape index (κ1) is 9.74. The molecule has 0 saturated heterocycles. The van der Waals surface area contributed by atoms with Crippen LogP contribution in [0.2, 0.25) is 0 Å². The predicted molar refractivity (Wildman–Crippen MR) is 48.1 cm³/mol. The van der Waals surface area contributed by atoms with Crippen LogP contribution in [-0.2, 0) is 0 Å². The van der Waals surface area contributed by atoms with E-state index >= 15 is 0 Å². The smallest absolute Gasteiger partial charge is 0.0209 e. The van der Waals surface area contributed by atoms with Crippen molar-refractivity contribution in [2.24, 2.45) is 5.92 Å². The van der Waals surface area contributed by atoms with E-state index in [1.165, 1.54) is 31.3 Å². The highest BCUT2D eigenvalue weighted by molar-refractivity contribution is 4.97. The molecule has 0 bridgehead atoms. The Morgan fingerprint density at radius 2 is 1.60 bits per heavy atom. The third-order valence-electron chi connectivity index (χ3n) is 2.05. The summed E-state index contributed by atoms with van der Waals surface area (Å²) in [7, 11) is 0. The van der Waals surface area contributed by atoms with Crippen LogP contribution < -0.4 is 0 Å². The van der Waals surface area contributed by atoms with Crippen molar-refractivity contribution < 1.29 is 0 Å². The van der Waals surface area contributed by atoms with E-state index in [1.54, 1.807) is 0 Å². The summed E-state index contributed by atoms with van der Waals surface area (Å²) < 4.78 is 0. The third-order valence-corrected chi connectivity index (χ3v) is 2.05. The lowest BCUT2D eigenvalue weighted by atomic mass is 10.0. The van der Waals surface area contributed by atoms with Gasteiger partial charge in [-0.1, -0.05) is 38.8 Å². The molecule has 1 rings (SSSR count). The molecular formula is C10H20. The zero-order chi connectivity index (χ0) is 7.98. The van der Waals surface area contributed by atoms with Crippen molar-refractivity contribution >= 4 is 0 Å².